The number of anilines is 1. The van der Waals surface area contributed by atoms with Crippen LogP contribution in [0.3, 0.4) is 0 Å². The van der Waals surface area contributed by atoms with Gasteiger partial charge in [0.15, 0.2) is 5.82 Å². The standard InChI is InChI=1S/C17H16FNO4/c1-23-11-10-19(16(20)12-6-3-2-4-7-12)14-9-5-8-13(15(14)18)17(21)22/h2-9H,10-11H2,1H3,(H,21,22). The van der Waals surface area contributed by atoms with Crippen molar-refractivity contribution in [2.45, 2.75) is 0 Å². The molecule has 0 atom stereocenters. The van der Waals surface area contributed by atoms with E-state index in [0.29, 0.717) is 5.56 Å². The van der Waals surface area contributed by atoms with E-state index in [2.05, 4.69) is 0 Å². The first-order chi connectivity index (χ1) is 11.1. The highest BCUT2D eigenvalue weighted by Gasteiger charge is 2.23. The third-order valence-electron chi connectivity index (χ3n) is 3.28. The summed E-state index contributed by atoms with van der Waals surface area (Å²) in [7, 11) is 1.47. The van der Waals surface area contributed by atoms with Gasteiger partial charge in [-0.25, -0.2) is 9.18 Å². The van der Waals surface area contributed by atoms with Crippen molar-refractivity contribution < 1.29 is 23.8 Å². The van der Waals surface area contributed by atoms with Crippen LogP contribution in [0, 0.1) is 5.82 Å². The first kappa shape index (κ1) is 16.6. The van der Waals surface area contributed by atoms with Gasteiger partial charge in [0.1, 0.15) is 0 Å². The average molecular weight is 317 g/mol. The number of aromatic carboxylic acids is 1. The molecule has 120 valence electrons. The molecule has 0 saturated carbocycles. The number of nitrogens with zero attached hydrogens (tertiary/aromatic N) is 1. The minimum Gasteiger partial charge on any atom is -0.478 e. The molecule has 0 saturated heterocycles. The summed E-state index contributed by atoms with van der Waals surface area (Å²) in [4.78, 5) is 24.9. The highest BCUT2D eigenvalue weighted by molar-refractivity contribution is 6.06. The molecule has 0 heterocycles. The van der Waals surface area contributed by atoms with Gasteiger partial charge in [0, 0.05) is 19.2 Å². The molecule has 0 aromatic heterocycles. The van der Waals surface area contributed by atoms with E-state index in [4.69, 9.17) is 9.84 Å². The van der Waals surface area contributed by atoms with Crippen molar-refractivity contribution in [3.8, 4) is 0 Å². The van der Waals surface area contributed by atoms with Gasteiger partial charge >= 0.3 is 5.97 Å². The Morgan fingerprint density at radius 1 is 1.13 bits per heavy atom. The minimum atomic E-state index is -1.39. The van der Waals surface area contributed by atoms with E-state index in [1.54, 1.807) is 30.3 Å². The molecule has 0 unspecified atom stereocenters. The smallest absolute Gasteiger partial charge is 0.338 e. The second-order valence-electron chi connectivity index (χ2n) is 4.76. The molecule has 5 nitrogen and oxygen atoms in total. The Balaban J connectivity index is 2.45. The maximum absolute atomic E-state index is 14.5. The van der Waals surface area contributed by atoms with Crippen molar-refractivity contribution in [2.24, 2.45) is 0 Å². The van der Waals surface area contributed by atoms with Gasteiger partial charge in [-0.15, -0.1) is 0 Å². The lowest BCUT2D eigenvalue weighted by Crippen LogP contribution is -2.35. The molecule has 2 rings (SSSR count). The molecule has 6 heteroatoms. The van der Waals surface area contributed by atoms with Crippen LogP contribution < -0.4 is 4.90 Å². The third-order valence-corrected chi connectivity index (χ3v) is 3.28. The first-order valence-corrected chi connectivity index (χ1v) is 6.94. The average Bonchev–Trinajstić information content (AvgIpc) is 2.56. The lowest BCUT2D eigenvalue weighted by Gasteiger charge is -2.23. The lowest BCUT2D eigenvalue weighted by atomic mass is 10.1. The summed E-state index contributed by atoms with van der Waals surface area (Å²) in [6, 6.07) is 12.3. The van der Waals surface area contributed by atoms with Gasteiger partial charge in [0.2, 0.25) is 0 Å². The summed E-state index contributed by atoms with van der Waals surface area (Å²) in [5, 5.41) is 9.04. The Kier molecular flexibility index (Phi) is 5.43. The van der Waals surface area contributed by atoms with E-state index in [1.165, 1.54) is 24.1 Å². The maximum Gasteiger partial charge on any atom is 0.338 e. The Morgan fingerprint density at radius 3 is 2.43 bits per heavy atom. The monoisotopic (exact) mass is 317 g/mol. The SMILES string of the molecule is COCCN(C(=O)c1ccccc1)c1cccc(C(=O)O)c1F. The van der Waals surface area contributed by atoms with Gasteiger partial charge in [-0.3, -0.25) is 4.79 Å². The molecule has 0 aliphatic rings. The highest BCUT2D eigenvalue weighted by atomic mass is 19.1. The number of hydrogen-bond acceptors (Lipinski definition) is 3. The first-order valence-electron chi connectivity index (χ1n) is 6.94. The molecule has 23 heavy (non-hydrogen) atoms. The summed E-state index contributed by atoms with van der Waals surface area (Å²) >= 11 is 0. The lowest BCUT2D eigenvalue weighted by molar-refractivity contribution is 0.0691. The van der Waals surface area contributed by atoms with Crippen LogP contribution in [0.25, 0.3) is 0 Å². The van der Waals surface area contributed by atoms with Crippen molar-refractivity contribution >= 4 is 17.6 Å². The number of halogens is 1. The summed E-state index contributed by atoms with van der Waals surface area (Å²) in [6.45, 7) is 0.291. The van der Waals surface area contributed by atoms with Crippen LogP contribution in [-0.4, -0.2) is 37.2 Å². The Hall–Kier alpha value is -2.73. The van der Waals surface area contributed by atoms with E-state index in [0.717, 1.165) is 6.07 Å². The topological polar surface area (TPSA) is 66.8 Å². The normalized spacial score (nSPS) is 10.3. The molecule has 0 aliphatic heterocycles. The number of ether oxygens (including phenoxy) is 1. The third kappa shape index (κ3) is 3.73. The predicted molar refractivity (Wildman–Crippen MR) is 83.4 cm³/mol. The number of methoxy groups -OCH3 is 1. The number of carbonyl (C=O) groups is 2. The summed E-state index contributed by atoms with van der Waals surface area (Å²) < 4.78 is 19.4. The Labute approximate surface area is 132 Å². The van der Waals surface area contributed by atoms with Gasteiger partial charge in [0.05, 0.1) is 17.9 Å². The zero-order valence-corrected chi connectivity index (χ0v) is 12.5. The van der Waals surface area contributed by atoms with Gasteiger partial charge in [-0.05, 0) is 24.3 Å². The van der Waals surface area contributed by atoms with E-state index in [1.807, 2.05) is 0 Å². The molecule has 2 aromatic rings. The van der Waals surface area contributed by atoms with Crippen LogP contribution in [0.2, 0.25) is 0 Å². The number of carbonyl (C=O) groups excluding carboxylic acids is 1. The van der Waals surface area contributed by atoms with Crippen molar-refractivity contribution in [3.05, 3.63) is 65.5 Å². The molecule has 0 spiro atoms. The highest BCUT2D eigenvalue weighted by Crippen LogP contribution is 2.24. The van der Waals surface area contributed by atoms with Gasteiger partial charge in [-0.1, -0.05) is 24.3 Å². The molecule has 1 N–H and O–H groups in total. The fraction of sp³-hybridized carbons (Fsp3) is 0.176. The summed E-state index contributed by atoms with van der Waals surface area (Å²) in [6.07, 6.45) is 0. The number of amides is 1. The molecular formula is C17H16FNO4. The van der Waals surface area contributed by atoms with Crippen molar-refractivity contribution in [3.63, 3.8) is 0 Å². The van der Waals surface area contributed by atoms with Crippen LogP contribution in [0.5, 0.6) is 0 Å². The summed E-state index contributed by atoms with van der Waals surface area (Å²) in [5.74, 6) is -2.76. The quantitative estimate of drug-likeness (QED) is 0.889. The number of carboxylic acid groups (broad SMARTS) is 1. The van der Waals surface area contributed by atoms with Crippen LogP contribution in [-0.2, 0) is 4.74 Å². The number of benzene rings is 2. The van der Waals surface area contributed by atoms with Gasteiger partial charge in [0.25, 0.3) is 5.91 Å². The van der Waals surface area contributed by atoms with E-state index in [-0.39, 0.29) is 18.8 Å². The van der Waals surface area contributed by atoms with Crippen molar-refractivity contribution in [2.75, 3.05) is 25.2 Å². The molecule has 0 radical (unpaired) electrons. The Morgan fingerprint density at radius 2 is 1.83 bits per heavy atom. The number of rotatable bonds is 6. The van der Waals surface area contributed by atoms with E-state index >= 15 is 0 Å². The van der Waals surface area contributed by atoms with Crippen molar-refractivity contribution in [1.82, 2.24) is 0 Å². The van der Waals surface area contributed by atoms with Gasteiger partial charge in [-0.2, -0.15) is 0 Å². The second-order valence-corrected chi connectivity index (χ2v) is 4.76. The minimum absolute atomic E-state index is 0.0872. The largest absolute Gasteiger partial charge is 0.478 e. The molecule has 2 aromatic carbocycles. The van der Waals surface area contributed by atoms with Crippen LogP contribution in [0.1, 0.15) is 20.7 Å². The second kappa shape index (κ2) is 7.51. The van der Waals surface area contributed by atoms with Crippen LogP contribution in [0.4, 0.5) is 10.1 Å². The number of carboxylic acids is 1. The zero-order chi connectivity index (χ0) is 16.8. The fourth-order valence-electron chi connectivity index (χ4n) is 2.14. The fourth-order valence-corrected chi connectivity index (χ4v) is 2.14. The summed E-state index contributed by atoms with van der Waals surface area (Å²) in [5.41, 5.74) is -0.190. The van der Waals surface area contributed by atoms with Crippen molar-refractivity contribution in [1.29, 1.82) is 0 Å². The molecule has 0 fully saturated rings. The van der Waals surface area contributed by atoms with E-state index in [9.17, 15) is 14.0 Å². The number of hydrogen-bond donors (Lipinski definition) is 1. The van der Waals surface area contributed by atoms with Gasteiger partial charge < -0.3 is 14.7 Å². The zero-order valence-electron chi connectivity index (χ0n) is 12.5. The van der Waals surface area contributed by atoms with Crippen LogP contribution >= 0.6 is 0 Å². The molecule has 0 aliphatic carbocycles. The van der Waals surface area contributed by atoms with Crippen LogP contribution in [0.15, 0.2) is 48.5 Å². The predicted octanol–water partition coefficient (Wildman–Crippen LogP) is 2.82. The maximum atomic E-state index is 14.5. The molecular weight excluding hydrogens is 301 g/mol. The Bertz CT molecular complexity index is 703. The molecule has 1 amide bonds. The molecule has 0 bridgehead atoms. The van der Waals surface area contributed by atoms with E-state index < -0.39 is 23.3 Å².